The van der Waals surface area contributed by atoms with Crippen LogP contribution in [0.1, 0.15) is 37.8 Å². The lowest BCUT2D eigenvalue weighted by atomic mass is 10.0. The molecular weight excluding hydrogens is 276 g/mol. The summed E-state index contributed by atoms with van der Waals surface area (Å²) in [6, 6.07) is 2.91. The number of nitrogens with zero attached hydrogens (tertiary/aromatic N) is 2. The minimum atomic E-state index is 0.663. The lowest BCUT2D eigenvalue weighted by Crippen LogP contribution is -2.34. The molecular formula is C14H21BrN2. The second kappa shape index (κ2) is 5.38. The van der Waals surface area contributed by atoms with Crippen molar-refractivity contribution in [3.05, 3.63) is 23.4 Å². The van der Waals surface area contributed by atoms with Crippen molar-refractivity contribution in [1.29, 1.82) is 0 Å². The van der Waals surface area contributed by atoms with E-state index in [1.54, 1.807) is 0 Å². The van der Waals surface area contributed by atoms with Gasteiger partial charge in [-0.1, -0.05) is 35.8 Å². The molecule has 0 N–H and O–H groups in total. The molecule has 1 aliphatic heterocycles. The SMILES string of the molecule is Cc1cc(CBr)cnc1N1CCCC1C(C)C. The van der Waals surface area contributed by atoms with E-state index >= 15 is 0 Å². The average Bonchev–Trinajstić information content (AvgIpc) is 2.77. The van der Waals surface area contributed by atoms with Gasteiger partial charge in [-0.25, -0.2) is 4.98 Å². The van der Waals surface area contributed by atoms with Gasteiger partial charge in [0.1, 0.15) is 5.82 Å². The van der Waals surface area contributed by atoms with E-state index < -0.39 is 0 Å². The van der Waals surface area contributed by atoms with E-state index in [1.807, 2.05) is 6.20 Å². The normalized spacial score (nSPS) is 20.3. The summed E-state index contributed by atoms with van der Waals surface area (Å²) in [7, 11) is 0. The van der Waals surface area contributed by atoms with Crippen molar-refractivity contribution in [3.63, 3.8) is 0 Å². The summed E-state index contributed by atoms with van der Waals surface area (Å²) < 4.78 is 0. The van der Waals surface area contributed by atoms with Crippen molar-refractivity contribution in [2.45, 2.75) is 45.0 Å². The summed E-state index contributed by atoms with van der Waals surface area (Å²) in [5.41, 5.74) is 2.56. The third-order valence-corrected chi connectivity index (χ3v) is 4.25. The van der Waals surface area contributed by atoms with E-state index in [0.29, 0.717) is 12.0 Å². The van der Waals surface area contributed by atoms with Gasteiger partial charge in [0, 0.05) is 24.1 Å². The summed E-state index contributed by atoms with van der Waals surface area (Å²) in [5.74, 6) is 1.89. The Labute approximate surface area is 113 Å². The number of rotatable bonds is 3. The summed E-state index contributed by atoms with van der Waals surface area (Å²) in [6.07, 6.45) is 4.59. The van der Waals surface area contributed by atoms with Gasteiger partial charge >= 0.3 is 0 Å². The van der Waals surface area contributed by atoms with E-state index in [-0.39, 0.29) is 0 Å². The van der Waals surface area contributed by atoms with Crippen LogP contribution in [-0.4, -0.2) is 17.6 Å². The van der Waals surface area contributed by atoms with E-state index in [1.165, 1.54) is 29.8 Å². The van der Waals surface area contributed by atoms with Crippen molar-refractivity contribution >= 4 is 21.7 Å². The fourth-order valence-electron chi connectivity index (χ4n) is 2.75. The minimum absolute atomic E-state index is 0.663. The van der Waals surface area contributed by atoms with Gasteiger partial charge in [0.2, 0.25) is 0 Å². The molecule has 2 heterocycles. The number of halogens is 1. The van der Waals surface area contributed by atoms with Gasteiger partial charge in [0.25, 0.3) is 0 Å². The largest absolute Gasteiger partial charge is 0.353 e. The van der Waals surface area contributed by atoms with Gasteiger partial charge in [-0.2, -0.15) is 0 Å². The predicted molar refractivity (Wildman–Crippen MR) is 76.8 cm³/mol. The number of alkyl halides is 1. The fourth-order valence-corrected chi connectivity index (χ4v) is 3.05. The van der Waals surface area contributed by atoms with Crippen LogP contribution in [0.3, 0.4) is 0 Å². The quantitative estimate of drug-likeness (QED) is 0.786. The topological polar surface area (TPSA) is 16.1 Å². The highest BCUT2D eigenvalue weighted by atomic mass is 79.9. The molecule has 1 saturated heterocycles. The van der Waals surface area contributed by atoms with Crippen molar-refractivity contribution in [2.24, 2.45) is 5.92 Å². The predicted octanol–water partition coefficient (Wildman–Crippen LogP) is 3.91. The summed E-state index contributed by atoms with van der Waals surface area (Å²) >= 11 is 3.48. The molecule has 0 bridgehead atoms. The van der Waals surface area contributed by atoms with E-state index in [9.17, 15) is 0 Å². The Morgan fingerprint density at radius 2 is 2.29 bits per heavy atom. The molecule has 0 aliphatic carbocycles. The van der Waals surface area contributed by atoms with Gasteiger partial charge in [-0.3, -0.25) is 0 Å². The molecule has 1 aromatic heterocycles. The molecule has 2 nitrogen and oxygen atoms in total. The third-order valence-electron chi connectivity index (χ3n) is 3.60. The minimum Gasteiger partial charge on any atom is -0.353 e. The highest BCUT2D eigenvalue weighted by Crippen LogP contribution is 2.30. The number of hydrogen-bond acceptors (Lipinski definition) is 2. The molecule has 3 heteroatoms. The number of hydrogen-bond donors (Lipinski definition) is 0. The molecule has 1 aromatic rings. The van der Waals surface area contributed by atoms with Crippen LogP contribution in [0.5, 0.6) is 0 Å². The lowest BCUT2D eigenvalue weighted by molar-refractivity contribution is 0.489. The van der Waals surface area contributed by atoms with Gasteiger partial charge in [-0.05, 0) is 36.8 Å². The maximum atomic E-state index is 4.66. The zero-order valence-corrected chi connectivity index (χ0v) is 12.5. The average molecular weight is 297 g/mol. The number of pyridine rings is 1. The molecule has 1 aliphatic rings. The molecule has 0 amide bonds. The Kier molecular flexibility index (Phi) is 4.08. The van der Waals surface area contributed by atoms with Crippen LogP contribution in [0.4, 0.5) is 5.82 Å². The number of anilines is 1. The van der Waals surface area contributed by atoms with Crippen molar-refractivity contribution < 1.29 is 0 Å². The summed E-state index contributed by atoms with van der Waals surface area (Å²) in [6.45, 7) is 7.95. The second-order valence-corrected chi connectivity index (χ2v) is 5.83. The van der Waals surface area contributed by atoms with Gasteiger partial charge in [0.05, 0.1) is 0 Å². The first-order valence-corrected chi connectivity index (χ1v) is 7.53. The van der Waals surface area contributed by atoms with Crippen molar-refractivity contribution in [1.82, 2.24) is 4.98 Å². The van der Waals surface area contributed by atoms with E-state index in [4.69, 9.17) is 0 Å². The Balaban J connectivity index is 2.27. The van der Waals surface area contributed by atoms with Crippen LogP contribution in [0.2, 0.25) is 0 Å². The van der Waals surface area contributed by atoms with Crippen LogP contribution in [0.15, 0.2) is 12.3 Å². The van der Waals surface area contributed by atoms with Crippen LogP contribution in [-0.2, 0) is 5.33 Å². The first-order valence-electron chi connectivity index (χ1n) is 6.41. The maximum absolute atomic E-state index is 4.66. The number of aromatic nitrogens is 1. The van der Waals surface area contributed by atoms with Crippen LogP contribution in [0.25, 0.3) is 0 Å². The van der Waals surface area contributed by atoms with Gasteiger partial charge < -0.3 is 4.90 Å². The van der Waals surface area contributed by atoms with E-state index in [2.05, 4.69) is 52.7 Å². The first kappa shape index (κ1) is 12.9. The Hall–Kier alpha value is -0.570. The van der Waals surface area contributed by atoms with Crippen LogP contribution in [0, 0.1) is 12.8 Å². The molecule has 0 saturated carbocycles. The second-order valence-electron chi connectivity index (χ2n) is 5.26. The molecule has 1 unspecified atom stereocenters. The molecule has 2 rings (SSSR count). The van der Waals surface area contributed by atoms with Gasteiger partial charge in [-0.15, -0.1) is 0 Å². The van der Waals surface area contributed by atoms with Crippen molar-refractivity contribution in [3.8, 4) is 0 Å². The standard InChI is InChI=1S/C14H21BrN2/c1-10(2)13-5-4-6-17(13)14-11(3)7-12(8-15)9-16-14/h7,9-10,13H,4-6,8H2,1-3H3. The fraction of sp³-hybridized carbons (Fsp3) is 0.643. The molecule has 1 fully saturated rings. The zero-order chi connectivity index (χ0) is 12.4. The summed E-state index contributed by atoms with van der Waals surface area (Å²) in [4.78, 5) is 7.16. The summed E-state index contributed by atoms with van der Waals surface area (Å²) in [5, 5.41) is 0.884. The third kappa shape index (κ3) is 2.65. The van der Waals surface area contributed by atoms with Crippen LogP contribution >= 0.6 is 15.9 Å². The molecule has 0 aromatic carbocycles. The van der Waals surface area contributed by atoms with Crippen LogP contribution < -0.4 is 4.90 Å². The smallest absolute Gasteiger partial charge is 0.131 e. The monoisotopic (exact) mass is 296 g/mol. The molecule has 0 radical (unpaired) electrons. The number of aryl methyl sites for hydroxylation is 1. The molecule has 17 heavy (non-hydrogen) atoms. The lowest BCUT2D eigenvalue weighted by Gasteiger charge is -2.30. The van der Waals surface area contributed by atoms with Crippen molar-refractivity contribution in [2.75, 3.05) is 11.4 Å². The molecule has 94 valence electrons. The Morgan fingerprint density at radius 1 is 1.53 bits per heavy atom. The van der Waals surface area contributed by atoms with E-state index in [0.717, 1.165) is 11.9 Å². The highest BCUT2D eigenvalue weighted by molar-refractivity contribution is 9.08. The first-order chi connectivity index (χ1) is 8.13. The Bertz CT molecular complexity index is 390. The van der Waals surface area contributed by atoms with Gasteiger partial charge in [0.15, 0.2) is 0 Å². The highest BCUT2D eigenvalue weighted by Gasteiger charge is 2.28. The molecule has 0 spiro atoms. The maximum Gasteiger partial charge on any atom is 0.131 e. The Morgan fingerprint density at radius 3 is 2.88 bits per heavy atom. The zero-order valence-electron chi connectivity index (χ0n) is 10.9. The molecule has 1 atom stereocenters.